The summed E-state index contributed by atoms with van der Waals surface area (Å²) >= 11 is 0. The maximum absolute atomic E-state index is 14.0. The summed E-state index contributed by atoms with van der Waals surface area (Å²) < 4.78 is 30.3. The van der Waals surface area contributed by atoms with Crippen molar-refractivity contribution in [2.45, 2.75) is 172 Å². The first-order chi connectivity index (χ1) is 24.6. The lowest BCUT2D eigenvalue weighted by molar-refractivity contribution is -0.352. The van der Waals surface area contributed by atoms with Crippen LogP contribution in [0.2, 0.25) is 0 Å². The molecule has 0 radical (unpaired) electrons. The molecule has 296 valence electrons. The van der Waals surface area contributed by atoms with Gasteiger partial charge in [-0.25, -0.2) is 0 Å². The second-order valence-corrected chi connectivity index (χ2v) is 17.9. The van der Waals surface area contributed by atoms with Crippen LogP contribution < -0.4 is 0 Å². The number of fused-ring (bicyclic) bond motifs is 5. The van der Waals surface area contributed by atoms with E-state index in [1.54, 1.807) is 6.92 Å². The number of carbonyl (C=O) groups excluding carboxylic acids is 1. The molecule has 3 saturated heterocycles. The first kappa shape index (κ1) is 39.2. The third-order valence-electron chi connectivity index (χ3n) is 15.1. The molecule has 13 heteroatoms. The fraction of sp³-hybridized carbons (Fsp3) is 0.923. The Morgan fingerprint density at radius 3 is 2.10 bits per heavy atom. The lowest BCUT2D eigenvalue weighted by atomic mass is 9.47. The highest BCUT2D eigenvalue weighted by Crippen LogP contribution is 2.67. The molecule has 3 aliphatic heterocycles. The molecule has 3 saturated carbocycles. The Labute approximate surface area is 306 Å². The minimum atomic E-state index is -1.51. The number of hydrogen-bond acceptors (Lipinski definition) is 13. The summed E-state index contributed by atoms with van der Waals surface area (Å²) in [5, 5.41) is 71.6. The summed E-state index contributed by atoms with van der Waals surface area (Å²) in [6.07, 6.45) is -3.71. The first-order valence-corrected chi connectivity index (χ1v) is 19.8. The number of ketones is 1. The van der Waals surface area contributed by atoms with E-state index in [1.807, 2.05) is 6.08 Å². The maximum Gasteiger partial charge on any atom is 0.189 e. The SMILES string of the molecule is CC1CCC(C(C)C2CCC3C4=CC(=O)C5CC(OC6OC(CO)C(O)C(O)C6O)CCC5(C)C4CCC32C)OC1OC1OC(C)C(O)C(O)C1O. The van der Waals surface area contributed by atoms with Crippen molar-refractivity contribution in [3.8, 4) is 0 Å². The fourth-order valence-corrected chi connectivity index (χ4v) is 11.7. The van der Waals surface area contributed by atoms with Crippen molar-refractivity contribution in [3.63, 3.8) is 0 Å². The van der Waals surface area contributed by atoms with Gasteiger partial charge < -0.3 is 59.4 Å². The molecule has 0 aromatic heterocycles. The van der Waals surface area contributed by atoms with Gasteiger partial charge in [0.2, 0.25) is 0 Å². The van der Waals surface area contributed by atoms with Crippen molar-refractivity contribution in [1.29, 1.82) is 0 Å². The second-order valence-electron chi connectivity index (χ2n) is 17.9. The van der Waals surface area contributed by atoms with Gasteiger partial charge in [0.25, 0.3) is 0 Å². The largest absolute Gasteiger partial charge is 0.394 e. The zero-order valence-corrected chi connectivity index (χ0v) is 31.2. The van der Waals surface area contributed by atoms with Gasteiger partial charge in [0, 0.05) is 11.8 Å². The molecule has 21 unspecified atom stereocenters. The van der Waals surface area contributed by atoms with Crippen LogP contribution in [-0.4, -0.2) is 128 Å². The van der Waals surface area contributed by atoms with E-state index in [-0.39, 0.29) is 46.6 Å². The van der Waals surface area contributed by atoms with Crippen molar-refractivity contribution in [2.75, 3.05) is 6.61 Å². The molecule has 3 heterocycles. The van der Waals surface area contributed by atoms with Crippen LogP contribution in [0.3, 0.4) is 0 Å². The smallest absolute Gasteiger partial charge is 0.189 e. The molecule has 0 aromatic carbocycles. The Morgan fingerprint density at radius 1 is 0.731 bits per heavy atom. The van der Waals surface area contributed by atoms with Gasteiger partial charge in [-0.05, 0) is 105 Å². The number of allylic oxidation sites excluding steroid dienone is 2. The molecule has 52 heavy (non-hydrogen) atoms. The highest BCUT2D eigenvalue weighted by atomic mass is 16.8. The Kier molecular flexibility index (Phi) is 11.1. The van der Waals surface area contributed by atoms with Crippen LogP contribution in [0.4, 0.5) is 0 Å². The standard InChI is InChI=1S/C39H62O13/c1-17-6-9-27(50-35(17)52-36-33(46)31(44)29(42)19(3)48-36)18(2)22-7-8-23-21-15-26(41)25-14-20(10-12-39(25,5)24(21)11-13-38(22,23)4)49-37-34(47)32(45)30(43)28(16-40)51-37/h15,17-20,22-25,27-37,40,42-47H,6-14,16H2,1-5H3. The first-order valence-electron chi connectivity index (χ1n) is 19.8. The molecular weight excluding hydrogens is 676 g/mol. The van der Waals surface area contributed by atoms with Crippen LogP contribution in [0, 0.1) is 46.3 Å². The second kappa shape index (κ2) is 14.8. The normalized spacial score (nSPS) is 54.5. The molecule has 7 N–H and O–H groups in total. The van der Waals surface area contributed by atoms with Crippen LogP contribution in [0.1, 0.15) is 92.4 Å². The molecule has 7 rings (SSSR count). The summed E-state index contributed by atoms with van der Waals surface area (Å²) in [6.45, 7) is 10.1. The zero-order valence-electron chi connectivity index (χ0n) is 31.2. The van der Waals surface area contributed by atoms with Crippen LogP contribution in [-0.2, 0) is 28.5 Å². The summed E-state index contributed by atoms with van der Waals surface area (Å²) in [4.78, 5) is 14.0. The van der Waals surface area contributed by atoms with E-state index >= 15 is 0 Å². The molecule has 0 spiro atoms. The van der Waals surface area contributed by atoms with Gasteiger partial charge in [0.1, 0.15) is 42.7 Å². The minimum absolute atomic E-state index is 0.00970. The van der Waals surface area contributed by atoms with Gasteiger partial charge in [-0.15, -0.1) is 0 Å². The van der Waals surface area contributed by atoms with Crippen molar-refractivity contribution in [2.24, 2.45) is 46.3 Å². The Bertz CT molecular complexity index is 1330. The minimum Gasteiger partial charge on any atom is -0.394 e. The van der Waals surface area contributed by atoms with E-state index in [4.69, 9.17) is 23.7 Å². The van der Waals surface area contributed by atoms with Gasteiger partial charge in [0.05, 0.1) is 24.9 Å². The predicted octanol–water partition coefficient (Wildman–Crippen LogP) is 1.55. The highest BCUT2D eigenvalue weighted by Gasteiger charge is 2.61. The average Bonchev–Trinajstić information content (AvgIpc) is 3.48. The van der Waals surface area contributed by atoms with Crippen LogP contribution in [0.15, 0.2) is 11.6 Å². The van der Waals surface area contributed by atoms with E-state index in [0.717, 1.165) is 44.9 Å². The highest BCUT2D eigenvalue weighted by molar-refractivity contribution is 5.94. The number of hydrogen-bond donors (Lipinski definition) is 7. The van der Waals surface area contributed by atoms with Crippen molar-refractivity contribution in [1.82, 2.24) is 0 Å². The third kappa shape index (κ3) is 6.56. The predicted molar refractivity (Wildman–Crippen MR) is 184 cm³/mol. The lowest BCUT2D eigenvalue weighted by Gasteiger charge is -2.57. The zero-order chi connectivity index (χ0) is 37.4. The lowest BCUT2D eigenvalue weighted by Crippen LogP contribution is -2.60. The van der Waals surface area contributed by atoms with Crippen molar-refractivity contribution < 1.29 is 64.2 Å². The van der Waals surface area contributed by atoms with Crippen LogP contribution in [0.25, 0.3) is 0 Å². The molecule has 0 bridgehead atoms. The van der Waals surface area contributed by atoms with E-state index in [9.17, 15) is 40.5 Å². The topological polar surface area (TPSA) is 205 Å². The monoisotopic (exact) mass is 738 g/mol. The van der Waals surface area contributed by atoms with Gasteiger partial charge in [-0.2, -0.15) is 0 Å². The number of aliphatic hydroxyl groups excluding tert-OH is 7. The number of ether oxygens (including phenoxy) is 5. The molecular formula is C39H62O13. The van der Waals surface area contributed by atoms with E-state index in [0.29, 0.717) is 30.6 Å². The molecule has 4 aliphatic carbocycles. The average molecular weight is 739 g/mol. The Balaban J connectivity index is 1.02. The van der Waals surface area contributed by atoms with Gasteiger partial charge in [-0.1, -0.05) is 33.3 Å². The van der Waals surface area contributed by atoms with E-state index < -0.39 is 74.3 Å². The van der Waals surface area contributed by atoms with Gasteiger partial charge in [-0.3, -0.25) is 4.79 Å². The van der Waals surface area contributed by atoms with Crippen molar-refractivity contribution in [3.05, 3.63) is 11.6 Å². The molecule has 0 aromatic rings. The fourth-order valence-electron chi connectivity index (χ4n) is 11.7. The quantitative estimate of drug-likeness (QED) is 0.198. The van der Waals surface area contributed by atoms with Crippen LogP contribution >= 0.6 is 0 Å². The molecule has 0 amide bonds. The van der Waals surface area contributed by atoms with Gasteiger partial charge in [0.15, 0.2) is 24.7 Å². The molecule has 6 fully saturated rings. The Hall–Kier alpha value is -1.07. The summed E-state index contributed by atoms with van der Waals surface area (Å²) in [5.74, 6) is 1.16. The van der Waals surface area contributed by atoms with E-state index in [1.165, 1.54) is 5.57 Å². The third-order valence-corrected chi connectivity index (χ3v) is 15.1. The van der Waals surface area contributed by atoms with E-state index in [2.05, 4.69) is 27.7 Å². The molecule has 21 atom stereocenters. The maximum atomic E-state index is 14.0. The summed E-state index contributed by atoms with van der Waals surface area (Å²) in [7, 11) is 0. The molecule has 13 nitrogen and oxygen atoms in total. The number of rotatable bonds is 7. The molecule has 7 aliphatic rings. The Morgan fingerprint density at radius 2 is 1.38 bits per heavy atom. The van der Waals surface area contributed by atoms with Gasteiger partial charge >= 0.3 is 0 Å². The number of aliphatic hydroxyl groups is 7. The summed E-state index contributed by atoms with van der Waals surface area (Å²) in [5.41, 5.74) is 1.09. The van der Waals surface area contributed by atoms with Crippen molar-refractivity contribution >= 4 is 5.78 Å². The van der Waals surface area contributed by atoms with Crippen LogP contribution in [0.5, 0.6) is 0 Å². The number of carbonyl (C=O) groups is 1. The summed E-state index contributed by atoms with van der Waals surface area (Å²) in [6, 6.07) is 0.